The van der Waals surface area contributed by atoms with Crippen LogP contribution in [0.15, 0.2) is 97.3 Å². The number of carbonyl (C=O) groups is 1. The quantitative estimate of drug-likeness (QED) is 0.114. The number of rotatable bonds is 10. The molecule has 7 nitrogen and oxygen atoms in total. The van der Waals surface area contributed by atoms with Gasteiger partial charge in [-0.2, -0.15) is 5.10 Å². The standard InChI is InChI=1S/C32H25Br2Cl2N3O4/c1-19-3-4-20(2)39(19)23-6-8-24(9-7-23)41-18-25-10-12-30(43-25)32(40)38-37-16-22-13-26(33)31(27(34)14-22)42-17-21-5-11-28(35)29(36)15-21/h3-16H,17-18H2,1-2H3,(H,38,40)/b37-16+. The first kappa shape index (κ1) is 30.9. The number of hydrogen-bond donors (Lipinski definition) is 1. The summed E-state index contributed by atoms with van der Waals surface area (Å²) in [7, 11) is 0. The highest BCUT2D eigenvalue weighted by atomic mass is 79.9. The largest absolute Gasteiger partial charge is 0.487 e. The molecule has 43 heavy (non-hydrogen) atoms. The van der Waals surface area contributed by atoms with Crippen molar-refractivity contribution in [2.24, 2.45) is 5.10 Å². The number of benzene rings is 3. The first-order valence-corrected chi connectivity index (χ1v) is 15.4. The lowest BCUT2D eigenvalue weighted by Gasteiger charge is -2.12. The van der Waals surface area contributed by atoms with Crippen LogP contribution in [0.5, 0.6) is 11.5 Å². The maximum absolute atomic E-state index is 12.6. The molecule has 0 aliphatic carbocycles. The van der Waals surface area contributed by atoms with Crippen LogP contribution in [0.2, 0.25) is 10.0 Å². The van der Waals surface area contributed by atoms with E-state index in [1.165, 1.54) is 6.21 Å². The van der Waals surface area contributed by atoms with Gasteiger partial charge in [0.15, 0.2) is 5.76 Å². The van der Waals surface area contributed by atoms with Gasteiger partial charge < -0.3 is 18.5 Å². The molecule has 3 aromatic carbocycles. The Labute approximate surface area is 275 Å². The normalized spacial score (nSPS) is 11.2. The van der Waals surface area contributed by atoms with E-state index in [4.69, 9.17) is 37.1 Å². The third-order valence-corrected chi connectivity index (χ3v) is 8.32. The number of hydrogen-bond acceptors (Lipinski definition) is 5. The fraction of sp³-hybridized carbons (Fsp3) is 0.125. The molecule has 0 aliphatic heterocycles. The second-order valence-corrected chi connectivity index (χ2v) is 12.1. The summed E-state index contributed by atoms with van der Waals surface area (Å²) in [4.78, 5) is 12.6. The van der Waals surface area contributed by atoms with Crippen molar-refractivity contribution in [3.63, 3.8) is 0 Å². The number of aromatic nitrogens is 1. The molecule has 11 heteroatoms. The van der Waals surface area contributed by atoms with Crippen LogP contribution in [0.4, 0.5) is 0 Å². The highest BCUT2D eigenvalue weighted by Crippen LogP contribution is 2.35. The lowest BCUT2D eigenvalue weighted by Crippen LogP contribution is -2.16. The van der Waals surface area contributed by atoms with Crippen LogP contribution in [-0.2, 0) is 13.2 Å². The summed E-state index contributed by atoms with van der Waals surface area (Å²) in [5.74, 6) is 1.46. The van der Waals surface area contributed by atoms with Crippen LogP contribution in [-0.4, -0.2) is 16.7 Å². The zero-order valence-electron chi connectivity index (χ0n) is 23.0. The van der Waals surface area contributed by atoms with Gasteiger partial charge in [0.25, 0.3) is 0 Å². The van der Waals surface area contributed by atoms with E-state index in [-0.39, 0.29) is 12.4 Å². The number of halogens is 4. The van der Waals surface area contributed by atoms with Crippen molar-refractivity contribution in [1.29, 1.82) is 0 Å². The summed E-state index contributed by atoms with van der Waals surface area (Å²) < 4.78 is 21.0. The number of amides is 1. The van der Waals surface area contributed by atoms with Gasteiger partial charge in [0, 0.05) is 17.1 Å². The van der Waals surface area contributed by atoms with Crippen LogP contribution >= 0.6 is 55.1 Å². The van der Waals surface area contributed by atoms with Crippen molar-refractivity contribution in [3.8, 4) is 17.2 Å². The van der Waals surface area contributed by atoms with Gasteiger partial charge in [-0.25, -0.2) is 5.43 Å². The van der Waals surface area contributed by atoms with E-state index in [2.05, 4.69) is 72.9 Å². The molecule has 1 N–H and O–H groups in total. The Balaban J connectivity index is 1.13. The van der Waals surface area contributed by atoms with Crippen molar-refractivity contribution >= 4 is 67.2 Å². The molecular weight excluding hydrogens is 721 g/mol. The van der Waals surface area contributed by atoms with Crippen LogP contribution < -0.4 is 14.9 Å². The molecule has 0 atom stereocenters. The monoisotopic (exact) mass is 743 g/mol. The number of hydrazone groups is 1. The summed E-state index contributed by atoms with van der Waals surface area (Å²) in [5, 5.41) is 5.01. The Morgan fingerprint density at radius 1 is 0.884 bits per heavy atom. The second-order valence-electron chi connectivity index (χ2n) is 9.55. The first-order valence-electron chi connectivity index (χ1n) is 13.0. The molecule has 0 aliphatic rings. The van der Waals surface area contributed by atoms with Gasteiger partial charge in [-0.1, -0.05) is 29.3 Å². The van der Waals surface area contributed by atoms with Crippen molar-refractivity contribution < 1.29 is 18.7 Å². The summed E-state index contributed by atoms with van der Waals surface area (Å²) in [5.41, 5.74) is 7.48. The van der Waals surface area contributed by atoms with Crippen molar-refractivity contribution in [3.05, 3.63) is 132 Å². The summed E-state index contributed by atoms with van der Waals surface area (Å²) in [6.45, 7) is 4.62. The highest BCUT2D eigenvalue weighted by molar-refractivity contribution is 9.11. The van der Waals surface area contributed by atoms with Gasteiger partial charge in [-0.15, -0.1) is 0 Å². The number of aryl methyl sites for hydroxylation is 2. The van der Waals surface area contributed by atoms with Crippen molar-refractivity contribution in [2.75, 3.05) is 0 Å². The molecule has 5 aromatic rings. The van der Waals surface area contributed by atoms with Gasteiger partial charge >= 0.3 is 5.91 Å². The lowest BCUT2D eigenvalue weighted by molar-refractivity contribution is 0.0923. The molecule has 220 valence electrons. The zero-order valence-corrected chi connectivity index (χ0v) is 27.7. The molecule has 0 bridgehead atoms. The van der Waals surface area contributed by atoms with E-state index in [1.54, 1.807) is 24.3 Å². The average molecular weight is 746 g/mol. The minimum atomic E-state index is -0.482. The Morgan fingerprint density at radius 3 is 2.26 bits per heavy atom. The SMILES string of the molecule is Cc1ccc(C)n1-c1ccc(OCc2ccc(C(=O)N/N=C/c3cc(Br)c(OCc4ccc(Cl)c(Cl)c4)c(Br)c3)o2)cc1. The molecule has 0 saturated carbocycles. The predicted octanol–water partition coefficient (Wildman–Crippen LogP) is 9.44. The van der Waals surface area contributed by atoms with Crippen LogP contribution in [0.3, 0.4) is 0 Å². The molecule has 0 spiro atoms. The molecule has 2 aromatic heterocycles. The van der Waals surface area contributed by atoms with E-state index < -0.39 is 5.91 Å². The molecular formula is C32H25Br2Cl2N3O4. The van der Waals surface area contributed by atoms with Gasteiger partial charge in [0.2, 0.25) is 0 Å². The van der Waals surface area contributed by atoms with Gasteiger partial charge in [0.1, 0.15) is 30.5 Å². The highest BCUT2D eigenvalue weighted by Gasteiger charge is 2.13. The van der Waals surface area contributed by atoms with E-state index in [9.17, 15) is 4.79 Å². The molecule has 0 radical (unpaired) electrons. The zero-order chi connectivity index (χ0) is 30.5. The molecule has 5 rings (SSSR count). The number of nitrogens with one attached hydrogen (secondary N) is 1. The van der Waals surface area contributed by atoms with E-state index in [0.717, 1.165) is 28.2 Å². The first-order chi connectivity index (χ1) is 20.7. The number of carbonyl (C=O) groups excluding carboxylic acids is 1. The smallest absolute Gasteiger partial charge is 0.307 e. The molecule has 2 heterocycles. The van der Waals surface area contributed by atoms with Crippen molar-refractivity contribution in [2.45, 2.75) is 27.1 Å². The Hall–Kier alpha value is -3.50. The topological polar surface area (TPSA) is 78.0 Å². The van der Waals surface area contributed by atoms with E-state index >= 15 is 0 Å². The van der Waals surface area contributed by atoms with E-state index in [0.29, 0.717) is 42.9 Å². The number of nitrogens with zero attached hydrogens (tertiary/aromatic N) is 2. The Bertz CT molecular complexity index is 1760. The average Bonchev–Trinajstić information content (AvgIpc) is 3.59. The van der Waals surface area contributed by atoms with Gasteiger partial charge in [0.05, 0.1) is 25.2 Å². The molecule has 1 amide bonds. The lowest BCUT2D eigenvalue weighted by atomic mass is 10.2. The second kappa shape index (κ2) is 13.9. The predicted molar refractivity (Wildman–Crippen MR) is 176 cm³/mol. The summed E-state index contributed by atoms with van der Waals surface area (Å²) >= 11 is 19.1. The van der Waals surface area contributed by atoms with Gasteiger partial charge in [-0.05, 0) is 130 Å². The van der Waals surface area contributed by atoms with Crippen LogP contribution in [0.25, 0.3) is 5.69 Å². The minimum absolute atomic E-state index is 0.123. The number of furan rings is 1. The van der Waals surface area contributed by atoms with Gasteiger partial charge in [-0.3, -0.25) is 4.79 Å². The third-order valence-electron chi connectivity index (χ3n) is 6.40. The fourth-order valence-electron chi connectivity index (χ4n) is 4.30. The van der Waals surface area contributed by atoms with Crippen LogP contribution in [0, 0.1) is 13.8 Å². The summed E-state index contributed by atoms with van der Waals surface area (Å²) in [6.07, 6.45) is 1.52. The minimum Gasteiger partial charge on any atom is -0.487 e. The third kappa shape index (κ3) is 7.72. The maximum atomic E-state index is 12.6. The van der Waals surface area contributed by atoms with Crippen LogP contribution in [0.1, 0.15) is 38.8 Å². The number of ether oxygens (including phenoxy) is 2. The van der Waals surface area contributed by atoms with E-state index in [1.807, 2.05) is 42.5 Å². The Kier molecular flexibility index (Phi) is 9.97. The van der Waals surface area contributed by atoms with Crippen molar-refractivity contribution in [1.82, 2.24) is 9.99 Å². The molecule has 0 fully saturated rings. The molecule has 0 saturated heterocycles. The maximum Gasteiger partial charge on any atom is 0.307 e. The fourth-order valence-corrected chi connectivity index (χ4v) is 6.07. The summed E-state index contributed by atoms with van der Waals surface area (Å²) in [6, 6.07) is 24.2. The molecule has 0 unspecified atom stereocenters. The Morgan fingerprint density at radius 2 is 1.58 bits per heavy atom.